The van der Waals surface area contributed by atoms with Gasteiger partial charge in [0.05, 0.1) is 18.2 Å². The molecule has 7 heteroatoms. The molecule has 1 saturated heterocycles. The summed E-state index contributed by atoms with van der Waals surface area (Å²) in [5.41, 5.74) is 7.33. The van der Waals surface area contributed by atoms with Gasteiger partial charge in [-0.15, -0.1) is 0 Å². The standard InChI is InChI=1S/C6H12BN3O3/c1-6(9-10-8)4(12)3(2-11)13-5(6)7/h3-5,11-12H,2,7H2,1H3/t3-,4-,5-,6?/m1/s1. The highest BCUT2D eigenvalue weighted by Gasteiger charge is 2.49. The van der Waals surface area contributed by atoms with Crippen molar-refractivity contribution in [2.24, 2.45) is 5.11 Å². The Morgan fingerprint density at radius 1 is 1.77 bits per heavy atom. The van der Waals surface area contributed by atoms with Crippen LogP contribution in [0.25, 0.3) is 10.4 Å². The molecule has 0 aliphatic carbocycles. The highest BCUT2D eigenvalue weighted by atomic mass is 16.5. The quantitative estimate of drug-likeness (QED) is 0.243. The first kappa shape index (κ1) is 10.3. The number of hydrogen-bond donors (Lipinski definition) is 2. The Morgan fingerprint density at radius 2 is 2.38 bits per heavy atom. The number of rotatable bonds is 2. The van der Waals surface area contributed by atoms with Gasteiger partial charge < -0.3 is 14.9 Å². The average molecular weight is 185 g/mol. The Hall–Kier alpha value is -0.745. The van der Waals surface area contributed by atoms with E-state index in [0.29, 0.717) is 0 Å². The summed E-state index contributed by atoms with van der Waals surface area (Å²) in [7, 11) is 1.70. The molecule has 1 aliphatic heterocycles. The van der Waals surface area contributed by atoms with E-state index in [1.165, 1.54) is 0 Å². The third-order valence-corrected chi connectivity index (χ3v) is 2.59. The second-order valence-corrected chi connectivity index (χ2v) is 3.36. The summed E-state index contributed by atoms with van der Waals surface area (Å²) in [6.45, 7) is 1.33. The number of azide groups is 1. The molecule has 1 unspecified atom stereocenters. The van der Waals surface area contributed by atoms with Gasteiger partial charge >= 0.3 is 0 Å². The van der Waals surface area contributed by atoms with Gasteiger partial charge in [-0.1, -0.05) is 5.11 Å². The lowest BCUT2D eigenvalue weighted by atomic mass is 9.79. The van der Waals surface area contributed by atoms with Crippen molar-refractivity contribution in [3.8, 4) is 0 Å². The van der Waals surface area contributed by atoms with Gasteiger partial charge in [-0.3, -0.25) is 0 Å². The summed E-state index contributed by atoms with van der Waals surface area (Å²) in [6, 6.07) is -0.393. The van der Waals surface area contributed by atoms with E-state index in [-0.39, 0.29) is 6.61 Å². The molecule has 13 heavy (non-hydrogen) atoms. The van der Waals surface area contributed by atoms with Crippen LogP contribution in [0.2, 0.25) is 0 Å². The Balaban J connectivity index is 2.91. The Morgan fingerprint density at radius 3 is 2.77 bits per heavy atom. The van der Waals surface area contributed by atoms with Crippen molar-refractivity contribution in [2.45, 2.75) is 30.7 Å². The van der Waals surface area contributed by atoms with Gasteiger partial charge in [0.25, 0.3) is 0 Å². The van der Waals surface area contributed by atoms with E-state index in [2.05, 4.69) is 10.0 Å². The van der Waals surface area contributed by atoms with Gasteiger partial charge in [0.2, 0.25) is 0 Å². The Bertz CT molecular complexity index is 245. The Labute approximate surface area is 76.5 Å². The van der Waals surface area contributed by atoms with Crippen LogP contribution in [0.4, 0.5) is 0 Å². The summed E-state index contributed by atoms with van der Waals surface area (Å²) in [6.07, 6.45) is -1.62. The lowest BCUT2D eigenvalue weighted by Gasteiger charge is -2.24. The fraction of sp³-hybridized carbons (Fsp3) is 1.00. The van der Waals surface area contributed by atoms with Crippen LogP contribution in [-0.4, -0.2) is 48.4 Å². The van der Waals surface area contributed by atoms with Gasteiger partial charge in [-0.2, -0.15) is 0 Å². The molecule has 0 amide bonds. The second kappa shape index (κ2) is 3.55. The first-order chi connectivity index (χ1) is 6.06. The van der Waals surface area contributed by atoms with E-state index in [0.717, 1.165) is 0 Å². The molecule has 0 bridgehead atoms. The normalized spacial score (nSPS) is 44.4. The zero-order valence-corrected chi connectivity index (χ0v) is 7.58. The number of ether oxygens (including phenoxy) is 1. The lowest BCUT2D eigenvalue weighted by Crippen LogP contribution is -2.44. The second-order valence-electron chi connectivity index (χ2n) is 3.36. The molecule has 0 radical (unpaired) electrons. The number of nitrogens with zero attached hydrogens (tertiary/aromatic N) is 3. The van der Waals surface area contributed by atoms with E-state index < -0.39 is 23.8 Å². The summed E-state index contributed by atoms with van der Waals surface area (Å²) in [4.78, 5) is 2.66. The Kier molecular flexibility index (Phi) is 2.82. The summed E-state index contributed by atoms with van der Waals surface area (Å²) < 4.78 is 5.23. The van der Waals surface area contributed by atoms with Crippen molar-refractivity contribution >= 4 is 7.85 Å². The van der Waals surface area contributed by atoms with Crippen LogP contribution in [0.1, 0.15) is 6.92 Å². The van der Waals surface area contributed by atoms with Crippen LogP contribution >= 0.6 is 0 Å². The van der Waals surface area contributed by atoms with Gasteiger partial charge in [0.1, 0.15) is 14.0 Å². The third-order valence-electron chi connectivity index (χ3n) is 2.59. The molecule has 6 nitrogen and oxygen atoms in total. The summed E-state index contributed by atoms with van der Waals surface area (Å²) in [5, 5.41) is 22.0. The smallest absolute Gasteiger partial charge is 0.140 e. The molecule has 1 rings (SSSR count). The molecule has 1 fully saturated rings. The minimum Gasteiger partial charge on any atom is -0.394 e. The van der Waals surface area contributed by atoms with Crippen molar-refractivity contribution in [3.63, 3.8) is 0 Å². The van der Waals surface area contributed by atoms with E-state index in [1.54, 1.807) is 14.8 Å². The topological polar surface area (TPSA) is 98.5 Å². The highest BCUT2D eigenvalue weighted by molar-refractivity contribution is 6.12. The highest BCUT2D eigenvalue weighted by Crippen LogP contribution is 2.32. The van der Waals surface area contributed by atoms with Gasteiger partial charge in [-0.05, 0) is 12.5 Å². The van der Waals surface area contributed by atoms with Crippen LogP contribution in [0.5, 0.6) is 0 Å². The average Bonchev–Trinajstić information content (AvgIpc) is 2.31. The predicted octanol–water partition coefficient (Wildman–Crippen LogP) is -1.23. The number of aliphatic hydroxyl groups excluding tert-OH is 2. The maximum atomic E-state index is 9.66. The predicted molar refractivity (Wildman–Crippen MR) is 47.8 cm³/mol. The lowest BCUT2D eigenvalue weighted by molar-refractivity contribution is -0.00538. The molecule has 1 aliphatic rings. The minimum atomic E-state index is -0.984. The van der Waals surface area contributed by atoms with E-state index in [9.17, 15) is 5.11 Å². The largest absolute Gasteiger partial charge is 0.394 e. The minimum absolute atomic E-state index is 0.276. The molecule has 0 spiro atoms. The van der Waals surface area contributed by atoms with Crippen LogP contribution < -0.4 is 0 Å². The molecule has 0 aromatic heterocycles. The maximum absolute atomic E-state index is 9.66. The first-order valence-corrected chi connectivity index (χ1v) is 4.07. The van der Waals surface area contributed by atoms with Gasteiger partial charge in [0.15, 0.2) is 0 Å². The van der Waals surface area contributed by atoms with Crippen LogP contribution in [0.3, 0.4) is 0 Å². The summed E-state index contributed by atoms with van der Waals surface area (Å²) >= 11 is 0. The third kappa shape index (κ3) is 1.51. The zero-order chi connectivity index (χ0) is 10.1. The van der Waals surface area contributed by atoms with E-state index in [1.807, 2.05) is 0 Å². The maximum Gasteiger partial charge on any atom is 0.140 e. The molecular formula is C6H12BN3O3. The fourth-order valence-corrected chi connectivity index (χ4v) is 1.47. The van der Waals surface area contributed by atoms with Crippen molar-refractivity contribution in [1.29, 1.82) is 0 Å². The molecule has 0 aromatic carbocycles. The van der Waals surface area contributed by atoms with E-state index >= 15 is 0 Å². The number of hydrogen-bond acceptors (Lipinski definition) is 4. The molecule has 4 atom stereocenters. The molecular weight excluding hydrogens is 173 g/mol. The van der Waals surface area contributed by atoms with Crippen molar-refractivity contribution in [3.05, 3.63) is 10.4 Å². The zero-order valence-electron chi connectivity index (χ0n) is 7.58. The number of aliphatic hydroxyl groups is 2. The van der Waals surface area contributed by atoms with Crippen LogP contribution in [0, 0.1) is 0 Å². The molecule has 72 valence electrons. The SMILES string of the molecule is B[C@@H]1O[C@H](CO)[C@@H](O)C1(C)N=[N+]=[N-]. The fourth-order valence-electron chi connectivity index (χ4n) is 1.47. The monoisotopic (exact) mass is 185 g/mol. The van der Waals surface area contributed by atoms with Crippen LogP contribution in [0.15, 0.2) is 5.11 Å². The molecule has 2 N–H and O–H groups in total. The van der Waals surface area contributed by atoms with Crippen LogP contribution in [-0.2, 0) is 4.74 Å². The van der Waals surface area contributed by atoms with Crippen molar-refractivity contribution < 1.29 is 14.9 Å². The van der Waals surface area contributed by atoms with Gasteiger partial charge in [0, 0.05) is 10.9 Å². The molecule has 0 aromatic rings. The first-order valence-electron chi connectivity index (χ1n) is 4.07. The summed E-state index contributed by atoms with van der Waals surface area (Å²) in [5.74, 6) is 0. The van der Waals surface area contributed by atoms with Crippen molar-refractivity contribution in [1.82, 2.24) is 0 Å². The van der Waals surface area contributed by atoms with Gasteiger partial charge in [-0.25, -0.2) is 0 Å². The van der Waals surface area contributed by atoms with E-state index in [4.69, 9.17) is 15.4 Å². The molecule has 0 saturated carbocycles. The van der Waals surface area contributed by atoms with Crippen molar-refractivity contribution in [2.75, 3.05) is 6.61 Å². The molecule has 1 heterocycles.